The summed E-state index contributed by atoms with van der Waals surface area (Å²) in [6, 6.07) is 14.1. The molecule has 2 N–H and O–H groups in total. The largest absolute Gasteiger partial charge is 0.496 e. The van der Waals surface area contributed by atoms with Gasteiger partial charge in [-0.05, 0) is 25.1 Å². The Morgan fingerprint density at radius 2 is 1.78 bits per heavy atom. The number of rotatable bonds is 3. The quantitative estimate of drug-likeness (QED) is 0.596. The molecule has 0 spiro atoms. The van der Waals surface area contributed by atoms with Crippen molar-refractivity contribution in [3.63, 3.8) is 0 Å². The molecule has 2 heterocycles. The lowest BCUT2D eigenvalue weighted by Crippen LogP contribution is -1.99. The lowest BCUT2D eigenvalue weighted by molar-refractivity contribution is 0.420. The molecule has 4 rings (SSSR count). The summed E-state index contributed by atoms with van der Waals surface area (Å²) in [5.74, 6) is 2.38. The monoisotopic (exact) mass is 304 g/mol. The van der Waals surface area contributed by atoms with Crippen molar-refractivity contribution in [3.05, 3.63) is 54.5 Å². The van der Waals surface area contributed by atoms with Gasteiger partial charge in [0.1, 0.15) is 23.0 Å². The van der Waals surface area contributed by atoms with Gasteiger partial charge in [0, 0.05) is 22.7 Å². The summed E-state index contributed by atoms with van der Waals surface area (Å²) in [5.41, 5.74) is 1.82. The average molecular weight is 304 g/mol. The number of hydrogen-bond acceptors (Lipinski definition) is 4. The average Bonchev–Trinajstić information content (AvgIpc) is 3.03. The van der Waals surface area contributed by atoms with Crippen LogP contribution in [0.2, 0.25) is 0 Å². The van der Waals surface area contributed by atoms with Crippen LogP contribution in [0.3, 0.4) is 0 Å². The number of nitrogens with one attached hydrogen (secondary N) is 2. The zero-order valence-corrected chi connectivity index (χ0v) is 12.9. The van der Waals surface area contributed by atoms with Gasteiger partial charge in [-0.3, -0.25) is 0 Å². The van der Waals surface area contributed by atoms with Crippen LogP contribution in [0.4, 0.5) is 11.5 Å². The van der Waals surface area contributed by atoms with Gasteiger partial charge in [0.15, 0.2) is 0 Å². The van der Waals surface area contributed by atoms with Gasteiger partial charge in [-0.2, -0.15) is 0 Å². The number of benzene rings is 2. The standard InChI is InChI=1S/C18H16N4O/c1-11-20-17-14(9-10-19-17)18(21-11)22-15-7-3-6-13-12(15)5-4-8-16(13)23-2/h3-10H,1-2H3,(H2,19,20,21,22). The first-order valence-electron chi connectivity index (χ1n) is 7.41. The van der Waals surface area contributed by atoms with E-state index in [1.165, 1.54) is 0 Å². The van der Waals surface area contributed by atoms with E-state index in [4.69, 9.17) is 4.74 Å². The van der Waals surface area contributed by atoms with Gasteiger partial charge in [-0.25, -0.2) is 9.97 Å². The SMILES string of the molecule is COc1cccc2c(Nc3nc(C)nc4[nH]ccc34)cccc12. The van der Waals surface area contributed by atoms with Crippen LogP contribution < -0.4 is 10.1 Å². The Morgan fingerprint density at radius 1 is 0.957 bits per heavy atom. The Kier molecular flexibility index (Phi) is 3.12. The fourth-order valence-electron chi connectivity index (χ4n) is 2.84. The molecule has 0 aliphatic carbocycles. The minimum atomic E-state index is 0.722. The van der Waals surface area contributed by atoms with E-state index in [9.17, 15) is 0 Å². The second-order valence-electron chi connectivity index (χ2n) is 5.35. The van der Waals surface area contributed by atoms with Crippen LogP contribution in [-0.2, 0) is 0 Å². The van der Waals surface area contributed by atoms with Crippen molar-refractivity contribution < 1.29 is 4.74 Å². The summed E-state index contributed by atoms with van der Waals surface area (Å²) in [5, 5.41) is 6.57. The third-order valence-corrected chi connectivity index (χ3v) is 3.88. The van der Waals surface area contributed by atoms with E-state index < -0.39 is 0 Å². The number of aromatic nitrogens is 3. The van der Waals surface area contributed by atoms with Crippen LogP contribution in [0, 0.1) is 6.92 Å². The van der Waals surface area contributed by atoms with E-state index in [0.717, 1.165) is 44.9 Å². The van der Waals surface area contributed by atoms with E-state index in [1.807, 2.05) is 43.5 Å². The molecule has 5 heteroatoms. The van der Waals surface area contributed by atoms with E-state index >= 15 is 0 Å². The highest BCUT2D eigenvalue weighted by Gasteiger charge is 2.10. The fraction of sp³-hybridized carbons (Fsp3) is 0.111. The predicted octanol–water partition coefficient (Wildman–Crippen LogP) is 4.17. The second-order valence-corrected chi connectivity index (χ2v) is 5.35. The molecule has 0 radical (unpaired) electrons. The molecule has 0 aliphatic rings. The van der Waals surface area contributed by atoms with Crippen LogP contribution in [-0.4, -0.2) is 22.1 Å². The number of aryl methyl sites for hydroxylation is 1. The van der Waals surface area contributed by atoms with Crippen molar-refractivity contribution in [2.24, 2.45) is 0 Å². The summed E-state index contributed by atoms with van der Waals surface area (Å²) in [7, 11) is 1.69. The fourth-order valence-corrected chi connectivity index (χ4v) is 2.84. The number of nitrogens with zero attached hydrogens (tertiary/aromatic N) is 2. The maximum atomic E-state index is 5.45. The number of methoxy groups -OCH3 is 1. The van der Waals surface area contributed by atoms with Gasteiger partial charge in [0.25, 0.3) is 0 Å². The molecule has 4 aromatic rings. The third kappa shape index (κ3) is 2.26. The van der Waals surface area contributed by atoms with Gasteiger partial charge in [0.05, 0.1) is 12.5 Å². The Hall–Kier alpha value is -3.08. The molecule has 5 nitrogen and oxygen atoms in total. The molecule has 0 fully saturated rings. The number of hydrogen-bond donors (Lipinski definition) is 2. The van der Waals surface area contributed by atoms with Crippen LogP contribution in [0.25, 0.3) is 21.8 Å². The molecular formula is C18H16N4O. The Morgan fingerprint density at radius 3 is 2.65 bits per heavy atom. The first-order valence-corrected chi connectivity index (χ1v) is 7.41. The number of anilines is 2. The highest BCUT2D eigenvalue weighted by atomic mass is 16.5. The van der Waals surface area contributed by atoms with Gasteiger partial charge >= 0.3 is 0 Å². The number of fused-ring (bicyclic) bond motifs is 2. The van der Waals surface area contributed by atoms with Crippen molar-refractivity contribution in [1.29, 1.82) is 0 Å². The first kappa shape index (κ1) is 13.6. The summed E-state index contributed by atoms with van der Waals surface area (Å²) >= 11 is 0. The van der Waals surface area contributed by atoms with Crippen LogP contribution in [0.1, 0.15) is 5.82 Å². The second kappa shape index (κ2) is 5.28. The van der Waals surface area contributed by atoms with Crippen molar-refractivity contribution in [2.45, 2.75) is 6.92 Å². The van der Waals surface area contributed by atoms with Crippen LogP contribution >= 0.6 is 0 Å². The maximum absolute atomic E-state index is 5.45. The molecular weight excluding hydrogens is 288 g/mol. The molecule has 0 bridgehead atoms. The molecule has 0 amide bonds. The van der Waals surface area contributed by atoms with Gasteiger partial charge in [-0.15, -0.1) is 0 Å². The first-order chi connectivity index (χ1) is 11.3. The highest BCUT2D eigenvalue weighted by Crippen LogP contribution is 2.33. The Balaban J connectivity index is 1.88. The number of ether oxygens (including phenoxy) is 1. The Bertz CT molecular complexity index is 1010. The molecule has 0 atom stereocenters. The minimum Gasteiger partial charge on any atom is -0.496 e. The summed E-state index contributed by atoms with van der Waals surface area (Å²) in [6.07, 6.45) is 1.87. The molecule has 2 aromatic heterocycles. The molecule has 0 saturated carbocycles. The lowest BCUT2D eigenvalue weighted by Gasteiger charge is -2.12. The minimum absolute atomic E-state index is 0.722. The van der Waals surface area contributed by atoms with Crippen molar-refractivity contribution >= 4 is 33.3 Å². The Labute approximate surface area is 133 Å². The zero-order chi connectivity index (χ0) is 15.8. The molecule has 0 unspecified atom stereocenters. The summed E-state index contributed by atoms with van der Waals surface area (Å²) < 4.78 is 5.45. The van der Waals surface area contributed by atoms with Crippen LogP contribution in [0.15, 0.2) is 48.7 Å². The maximum Gasteiger partial charge on any atom is 0.143 e. The van der Waals surface area contributed by atoms with Crippen LogP contribution in [0.5, 0.6) is 5.75 Å². The lowest BCUT2D eigenvalue weighted by atomic mass is 10.1. The zero-order valence-electron chi connectivity index (χ0n) is 12.9. The van der Waals surface area contributed by atoms with Gasteiger partial charge in [-0.1, -0.05) is 24.3 Å². The third-order valence-electron chi connectivity index (χ3n) is 3.88. The van der Waals surface area contributed by atoms with E-state index in [-0.39, 0.29) is 0 Å². The van der Waals surface area contributed by atoms with E-state index in [1.54, 1.807) is 7.11 Å². The molecule has 2 aromatic carbocycles. The van der Waals surface area contributed by atoms with Crippen molar-refractivity contribution in [1.82, 2.24) is 15.0 Å². The van der Waals surface area contributed by atoms with Crippen molar-refractivity contribution in [3.8, 4) is 5.75 Å². The smallest absolute Gasteiger partial charge is 0.143 e. The number of H-pyrrole nitrogens is 1. The molecule has 23 heavy (non-hydrogen) atoms. The van der Waals surface area contributed by atoms with Gasteiger partial charge in [0.2, 0.25) is 0 Å². The summed E-state index contributed by atoms with van der Waals surface area (Å²) in [4.78, 5) is 12.1. The summed E-state index contributed by atoms with van der Waals surface area (Å²) in [6.45, 7) is 1.89. The normalized spacial score (nSPS) is 11.0. The topological polar surface area (TPSA) is 62.8 Å². The molecule has 114 valence electrons. The molecule has 0 saturated heterocycles. The predicted molar refractivity (Wildman–Crippen MR) is 92.4 cm³/mol. The highest BCUT2D eigenvalue weighted by molar-refractivity contribution is 6.00. The van der Waals surface area contributed by atoms with Gasteiger partial charge < -0.3 is 15.0 Å². The van der Waals surface area contributed by atoms with E-state index in [0.29, 0.717) is 0 Å². The number of aromatic amines is 1. The van der Waals surface area contributed by atoms with E-state index in [2.05, 4.69) is 32.4 Å². The molecule has 0 aliphatic heterocycles. The van der Waals surface area contributed by atoms with Crippen molar-refractivity contribution in [2.75, 3.05) is 12.4 Å².